The molecule has 166 valence electrons. The predicted octanol–water partition coefficient (Wildman–Crippen LogP) is 3.31. The molecule has 0 spiro atoms. The van der Waals surface area contributed by atoms with Crippen LogP contribution in [0, 0.1) is 0 Å². The third-order valence-electron chi connectivity index (χ3n) is 5.46. The molecule has 7 nitrogen and oxygen atoms in total. The third kappa shape index (κ3) is 4.68. The fourth-order valence-electron chi connectivity index (χ4n) is 3.80. The number of hydrogen-bond acceptors (Lipinski definition) is 6. The average molecular weight is 471 g/mol. The van der Waals surface area contributed by atoms with E-state index in [9.17, 15) is 9.59 Å². The topological polar surface area (TPSA) is 88.8 Å². The van der Waals surface area contributed by atoms with Crippen LogP contribution in [-0.2, 0) is 14.3 Å². The number of pyridine rings is 1. The van der Waals surface area contributed by atoms with Gasteiger partial charge in [0.25, 0.3) is 0 Å². The van der Waals surface area contributed by atoms with E-state index in [-0.39, 0.29) is 18.4 Å². The summed E-state index contributed by atoms with van der Waals surface area (Å²) in [5.41, 5.74) is 7.31. The van der Waals surface area contributed by atoms with Gasteiger partial charge in [0.2, 0.25) is 11.8 Å². The second-order valence-corrected chi connectivity index (χ2v) is 9.18. The van der Waals surface area contributed by atoms with Crippen molar-refractivity contribution in [3.05, 3.63) is 69.6 Å². The summed E-state index contributed by atoms with van der Waals surface area (Å²) in [6.07, 6.45) is 6.05. The lowest BCUT2D eigenvalue weighted by atomic mass is 10.0. The SMILES string of the molecule is COC[C@H]1C(=O)N(C(N)c2ccc3cnccc3c2)CCN1C(=O)/C=C/c1ccc(Cl)s1. The first kappa shape index (κ1) is 22.4. The fourth-order valence-corrected chi connectivity index (χ4v) is 4.76. The standard InChI is InChI=1S/C23H23ClN4O3S/c1-31-14-19-23(30)28(22(25)16-2-3-17-13-26-9-8-15(17)12-16)11-10-27(19)21(29)7-5-18-4-6-20(24)32-18/h2-9,12-13,19,22H,10-11,14,25H2,1H3/b7-5+/t19-,22?/m0/s1. The molecule has 0 aliphatic carbocycles. The second-order valence-electron chi connectivity index (χ2n) is 7.44. The van der Waals surface area contributed by atoms with Crippen molar-refractivity contribution >= 4 is 51.6 Å². The minimum Gasteiger partial charge on any atom is -0.382 e. The molecule has 1 unspecified atom stereocenters. The van der Waals surface area contributed by atoms with E-state index in [4.69, 9.17) is 22.1 Å². The van der Waals surface area contributed by atoms with Crippen molar-refractivity contribution in [2.75, 3.05) is 26.8 Å². The first-order chi connectivity index (χ1) is 15.5. The van der Waals surface area contributed by atoms with Crippen molar-refractivity contribution in [2.45, 2.75) is 12.2 Å². The number of rotatable bonds is 6. The lowest BCUT2D eigenvalue weighted by molar-refractivity contribution is -0.154. The zero-order valence-electron chi connectivity index (χ0n) is 17.5. The Morgan fingerprint density at radius 1 is 1.31 bits per heavy atom. The maximum Gasteiger partial charge on any atom is 0.249 e. The summed E-state index contributed by atoms with van der Waals surface area (Å²) in [5, 5.41) is 2.00. The predicted molar refractivity (Wildman–Crippen MR) is 126 cm³/mol. The molecule has 1 fully saturated rings. The summed E-state index contributed by atoms with van der Waals surface area (Å²) < 4.78 is 5.91. The highest BCUT2D eigenvalue weighted by molar-refractivity contribution is 7.17. The first-order valence-corrected chi connectivity index (χ1v) is 11.3. The average Bonchev–Trinajstić information content (AvgIpc) is 3.23. The summed E-state index contributed by atoms with van der Waals surface area (Å²) in [6.45, 7) is 0.786. The Kier molecular flexibility index (Phi) is 6.86. The van der Waals surface area contributed by atoms with Crippen LogP contribution in [0.3, 0.4) is 0 Å². The van der Waals surface area contributed by atoms with Crippen LogP contribution in [0.2, 0.25) is 4.34 Å². The van der Waals surface area contributed by atoms with E-state index >= 15 is 0 Å². The Hall–Kier alpha value is -2.78. The summed E-state index contributed by atoms with van der Waals surface area (Å²) in [7, 11) is 1.51. The molecule has 1 saturated heterocycles. The summed E-state index contributed by atoms with van der Waals surface area (Å²) in [4.78, 5) is 34.3. The van der Waals surface area contributed by atoms with Gasteiger partial charge in [0, 0.05) is 48.9 Å². The van der Waals surface area contributed by atoms with Gasteiger partial charge in [-0.25, -0.2) is 0 Å². The highest BCUT2D eigenvalue weighted by Crippen LogP contribution is 2.25. The van der Waals surface area contributed by atoms with Crippen molar-refractivity contribution in [2.24, 2.45) is 5.73 Å². The second kappa shape index (κ2) is 9.79. The number of amides is 2. The van der Waals surface area contributed by atoms with Gasteiger partial charge < -0.3 is 20.3 Å². The van der Waals surface area contributed by atoms with Gasteiger partial charge in [-0.3, -0.25) is 14.6 Å². The quantitative estimate of drug-likeness (QED) is 0.558. The van der Waals surface area contributed by atoms with Crippen molar-refractivity contribution in [1.29, 1.82) is 0 Å². The van der Waals surface area contributed by atoms with Crippen LogP contribution in [0.25, 0.3) is 16.8 Å². The number of piperazine rings is 1. The minimum atomic E-state index is -0.742. The van der Waals surface area contributed by atoms with Crippen LogP contribution in [-0.4, -0.2) is 59.4 Å². The number of thiophene rings is 1. The molecule has 0 radical (unpaired) electrons. The first-order valence-electron chi connectivity index (χ1n) is 10.1. The van der Waals surface area contributed by atoms with E-state index in [1.54, 1.807) is 29.4 Å². The highest BCUT2D eigenvalue weighted by atomic mass is 35.5. The number of carbonyl (C=O) groups excluding carboxylic acids is 2. The van der Waals surface area contributed by atoms with E-state index in [0.717, 1.165) is 21.2 Å². The molecule has 0 saturated carbocycles. The van der Waals surface area contributed by atoms with Crippen molar-refractivity contribution in [3.63, 3.8) is 0 Å². The van der Waals surface area contributed by atoms with Gasteiger partial charge in [0.05, 0.1) is 10.9 Å². The number of halogens is 1. The number of aromatic nitrogens is 1. The zero-order chi connectivity index (χ0) is 22.7. The summed E-state index contributed by atoms with van der Waals surface area (Å²) in [5.74, 6) is -0.488. The van der Waals surface area contributed by atoms with Crippen molar-refractivity contribution < 1.29 is 14.3 Å². The molecule has 0 bridgehead atoms. The van der Waals surface area contributed by atoms with Gasteiger partial charge in [0.15, 0.2) is 0 Å². The van der Waals surface area contributed by atoms with Crippen LogP contribution >= 0.6 is 22.9 Å². The molecular weight excluding hydrogens is 448 g/mol. The molecular formula is C23H23ClN4O3S. The van der Waals surface area contributed by atoms with Crippen LogP contribution in [0.1, 0.15) is 16.6 Å². The lowest BCUT2D eigenvalue weighted by Crippen LogP contribution is -2.61. The van der Waals surface area contributed by atoms with Crippen LogP contribution in [0.4, 0.5) is 0 Å². The molecule has 1 aromatic carbocycles. The van der Waals surface area contributed by atoms with Gasteiger partial charge in [-0.2, -0.15) is 0 Å². The number of carbonyl (C=O) groups is 2. The highest BCUT2D eigenvalue weighted by Gasteiger charge is 2.39. The van der Waals surface area contributed by atoms with Crippen LogP contribution in [0.5, 0.6) is 0 Å². The monoisotopic (exact) mass is 470 g/mol. The Bertz CT molecular complexity index is 1160. The number of nitrogens with zero attached hydrogens (tertiary/aromatic N) is 3. The number of hydrogen-bond donors (Lipinski definition) is 1. The molecule has 1 aliphatic rings. The van der Waals surface area contributed by atoms with E-state index in [0.29, 0.717) is 17.4 Å². The maximum atomic E-state index is 13.3. The molecule has 3 aromatic rings. The maximum absolute atomic E-state index is 13.3. The van der Waals surface area contributed by atoms with Gasteiger partial charge >= 0.3 is 0 Å². The lowest BCUT2D eigenvalue weighted by Gasteiger charge is -2.42. The Balaban J connectivity index is 1.52. The molecule has 3 heterocycles. The molecule has 2 aromatic heterocycles. The number of benzene rings is 1. The Morgan fingerprint density at radius 2 is 2.16 bits per heavy atom. The van der Waals surface area contributed by atoms with Crippen molar-refractivity contribution in [1.82, 2.24) is 14.8 Å². The number of fused-ring (bicyclic) bond motifs is 1. The summed E-state index contributed by atoms with van der Waals surface area (Å²) in [6, 6.07) is 10.6. The molecule has 9 heteroatoms. The van der Waals surface area contributed by atoms with Gasteiger partial charge in [-0.1, -0.05) is 23.7 Å². The Labute approximate surface area is 195 Å². The van der Waals surface area contributed by atoms with E-state index in [2.05, 4.69) is 4.98 Å². The van der Waals surface area contributed by atoms with E-state index < -0.39 is 12.2 Å². The fraction of sp³-hybridized carbons (Fsp3) is 0.261. The van der Waals surface area contributed by atoms with Crippen molar-refractivity contribution in [3.8, 4) is 0 Å². The van der Waals surface area contributed by atoms with Crippen LogP contribution in [0.15, 0.2) is 54.9 Å². The number of nitrogens with two attached hydrogens (primary N) is 1. The van der Waals surface area contributed by atoms with Gasteiger partial charge in [-0.15, -0.1) is 11.3 Å². The molecule has 2 N–H and O–H groups in total. The molecule has 2 atom stereocenters. The minimum absolute atomic E-state index is 0.0931. The smallest absolute Gasteiger partial charge is 0.249 e. The molecule has 32 heavy (non-hydrogen) atoms. The summed E-state index contributed by atoms with van der Waals surface area (Å²) >= 11 is 7.32. The van der Waals surface area contributed by atoms with Gasteiger partial charge in [-0.05, 0) is 41.3 Å². The van der Waals surface area contributed by atoms with Crippen LogP contribution < -0.4 is 5.73 Å². The Morgan fingerprint density at radius 3 is 2.91 bits per heavy atom. The molecule has 1 aliphatic heterocycles. The molecule has 2 amide bonds. The number of methoxy groups -OCH3 is 1. The normalized spacial score (nSPS) is 18.0. The van der Waals surface area contributed by atoms with Gasteiger partial charge in [0.1, 0.15) is 12.2 Å². The number of ether oxygens (including phenoxy) is 1. The van der Waals surface area contributed by atoms with E-state index in [1.807, 2.05) is 30.3 Å². The van der Waals surface area contributed by atoms with E-state index in [1.165, 1.54) is 29.4 Å². The molecule has 4 rings (SSSR count). The third-order valence-corrected chi connectivity index (χ3v) is 6.66. The zero-order valence-corrected chi connectivity index (χ0v) is 19.1. The largest absolute Gasteiger partial charge is 0.382 e.